The van der Waals surface area contributed by atoms with Gasteiger partial charge in [-0.05, 0) is 50.3 Å². The van der Waals surface area contributed by atoms with Gasteiger partial charge in [-0.2, -0.15) is 0 Å². The van der Waals surface area contributed by atoms with Crippen molar-refractivity contribution in [1.29, 1.82) is 0 Å². The Morgan fingerprint density at radius 2 is 1.12 bits per heavy atom. The van der Waals surface area contributed by atoms with Gasteiger partial charge in [-0.25, -0.2) is 0 Å². The van der Waals surface area contributed by atoms with Gasteiger partial charge in [0.15, 0.2) is 0 Å². The molecule has 0 aromatic heterocycles. The van der Waals surface area contributed by atoms with E-state index in [1.807, 2.05) is 0 Å². The van der Waals surface area contributed by atoms with Crippen LogP contribution in [0.3, 0.4) is 0 Å². The number of benzene rings is 1. The van der Waals surface area contributed by atoms with Crippen LogP contribution in [0.1, 0.15) is 95.0 Å². The third-order valence-electron chi connectivity index (χ3n) is 6.32. The fourth-order valence-corrected chi connectivity index (χ4v) is 4.95. The maximum atomic E-state index is 2.89. The summed E-state index contributed by atoms with van der Waals surface area (Å²) in [6.07, 6.45) is 18.7. The van der Waals surface area contributed by atoms with E-state index in [2.05, 4.69) is 35.2 Å². The number of nitrogens with zero attached hydrogens (tertiary/aromatic N) is 1. The van der Waals surface area contributed by atoms with E-state index in [4.69, 9.17) is 0 Å². The quantitative estimate of drug-likeness (QED) is 0.596. The van der Waals surface area contributed by atoms with Crippen molar-refractivity contribution in [2.75, 3.05) is 13.1 Å². The largest absolute Gasteiger partial charge is 0.300 e. The molecule has 0 radical (unpaired) electrons. The molecular weight excluding hydrogens is 290 g/mol. The topological polar surface area (TPSA) is 3.24 Å². The SMILES string of the molecule is c1ccc(C2CCCC2N2CCCCCCCCCCCC2)cc1. The minimum absolute atomic E-state index is 0.780. The van der Waals surface area contributed by atoms with Gasteiger partial charge in [0.2, 0.25) is 0 Å². The third kappa shape index (κ3) is 5.34. The Kier molecular flexibility index (Phi) is 7.67. The Morgan fingerprint density at radius 1 is 0.583 bits per heavy atom. The van der Waals surface area contributed by atoms with E-state index in [9.17, 15) is 0 Å². The lowest BCUT2D eigenvalue weighted by molar-refractivity contribution is 0.176. The average Bonchev–Trinajstić information content (AvgIpc) is 3.11. The zero-order chi connectivity index (χ0) is 16.5. The van der Waals surface area contributed by atoms with Crippen LogP contribution in [-0.4, -0.2) is 24.0 Å². The zero-order valence-corrected chi connectivity index (χ0v) is 15.6. The Hall–Kier alpha value is -0.820. The average molecular weight is 328 g/mol. The van der Waals surface area contributed by atoms with E-state index in [1.54, 1.807) is 5.56 Å². The van der Waals surface area contributed by atoms with Crippen LogP contribution >= 0.6 is 0 Å². The highest BCUT2D eigenvalue weighted by Gasteiger charge is 2.32. The lowest BCUT2D eigenvalue weighted by Gasteiger charge is -2.33. The summed E-state index contributed by atoms with van der Waals surface area (Å²) >= 11 is 0. The van der Waals surface area contributed by atoms with Crippen molar-refractivity contribution in [3.05, 3.63) is 35.9 Å². The molecule has 2 aliphatic rings. The fraction of sp³-hybridized carbons (Fsp3) is 0.739. The molecule has 1 aromatic carbocycles. The standard InChI is InChI=1S/C23H37N/c1-2-4-6-8-13-20-24(19-12-7-5-3-1)23-18-14-17-22(23)21-15-10-9-11-16-21/h9-11,15-16,22-23H,1-8,12-14,17-20H2. The summed E-state index contributed by atoms with van der Waals surface area (Å²) < 4.78 is 0. The molecule has 1 nitrogen and oxygen atoms in total. The molecule has 1 heteroatoms. The summed E-state index contributed by atoms with van der Waals surface area (Å²) in [5.41, 5.74) is 1.59. The van der Waals surface area contributed by atoms with Crippen LogP contribution in [0.15, 0.2) is 30.3 Å². The Morgan fingerprint density at radius 3 is 1.71 bits per heavy atom. The van der Waals surface area contributed by atoms with Crippen molar-refractivity contribution < 1.29 is 0 Å². The van der Waals surface area contributed by atoms with Gasteiger partial charge in [0.25, 0.3) is 0 Å². The lowest BCUT2D eigenvalue weighted by atomic mass is 9.92. The van der Waals surface area contributed by atoms with Crippen molar-refractivity contribution in [1.82, 2.24) is 4.90 Å². The first kappa shape index (κ1) is 18.0. The molecule has 1 aliphatic carbocycles. The molecule has 0 spiro atoms. The van der Waals surface area contributed by atoms with Crippen molar-refractivity contribution in [2.45, 2.75) is 95.4 Å². The molecule has 2 atom stereocenters. The zero-order valence-electron chi connectivity index (χ0n) is 15.6. The summed E-state index contributed by atoms with van der Waals surface area (Å²) in [5, 5.41) is 0. The first-order valence-electron chi connectivity index (χ1n) is 10.7. The summed E-state index contributed by atoms with van der Waals surface area (Å²) in [7, 11) is 0. The van der Waals surface area contributed by atoms with Crippen LogP contribution < -0.4 is 0 Å². The second-order valence-corrected chi connectivity index (χ2v) is 8.09. The summed E-state index contributed by atoms with van der Waals surface area (Å²) in [6, 6.07) is 12.1. The highest BCUT2D eigenvalue weighted by Crippen LogP contribution is 2.38. The van der Waals surface area contributed by atoms with E-state index < -0.39 is 0 Å². The molecule has 0 amide bonds. The van der Waals surface area contributed by atoms with Crippen molar-refractivity contribution in [2.24, 2.45) is 0 Å². The van der Waals surface area contributed by atoms with Crippen molar-refractivity contribution in [3.8, 4) is 0 Å². The van der Waals surface area contributed by atoms with Crippen LogP contribution in [0.25, 0.3) is 0 Å². The van der Waals surface area contributed by atoms with E-state index >= 15 is 0 Å². The van der Waals surface area contributed by atoms with Gasteiger partial charge in [0, 0.05) is 6.04 Å². The van der Waals surface area contributed by atoms with Gasteiger partial charge in [-0.1, -0.05) is 88.1 Å². The van der Waals surface area contributed by atoms with Gasteiger partial charge < -0.3 is 0 Å². The van der Waals surface area contributed by atoms with E-state index in [1.165, 1.54) is 96.6 Å². The Balaban J connectivity index is 1.61. The minimum Gasteiger partial charge on any atom is -0.300 e. The molecule has 1 saturated carbocycles. The van der Waals surface area contributed by atoms with Crippen LogP contribution in [0, 0.1) is 0 Å². The minimum atomic E-state index is 0.780. The second kappa shape index (κ2) is 10.2. The third-order valence-corrected chi connectivity index (χ3v) is 6.32. The van der Waals surface area contributed by atoms with Crippen LogP contribution in [0.5, 0.6) is 0 Å². The number of hydrogen-bond acceptors (Lipinski definition) is 1. The van der Waals surface area contributed by atoms with Gasteiger partial charge in [-0.3, -0.25) is 4.90 Å². The first-order chi connectivity index (χ1) is 11.9. The summed E-state index contributed by atoms with van der Waals surface area (Å²) in [6.45, 7) is 2.68. The van der Waals surface area contributed by atoms with Gasteiger partial charge in [0.1, 0.15) is 0 Å². The smallest absolute Gasteiger partial charge is 0.0164 e. The highest BCUT2D eigenvalue weighted by atomic mass is 15.2. The van der Waals surface area contributed by atoms with Gasteiger partial charge in [0.05, 0.1) is 0 Å². The second-order valence-electron chi connectivity index (χ2n) is 8.09. The normalized spacial score (nSPS) is 28.7. The van der Waals surface area contributed by atoms with Crippen molar-refractivity contribution in [3.63, 3.8) is 0 Å². The van der Waals surface area contributed by atoms with E-state index in [0.29, 0.717) is 0 Å². The van der Waals surface area contributed by atoms with E-state index in [-0.39, 0.29) is 0 Å². The maximum Gasteiger partial charge on any atom is 0.0164 e. The molecule has 1 aliphatic heterocycles. The monoisotopic (exact) mass is 327 g/mol. The van der Waals surface area contributed by atoms with Crippen LogP contribution in [-0.2, 0) is 0 Å². The van der Waals surface area contributed by atoms with Gasteiger partial charge in [-0.15, -0.1) is 0 Å². The molecule has 0 bridgehead atoms. The highest BCUT2D eigenvalue weighted by molar-refractivity contribution is 5.22. The van der Waals surface area contributed by atoms with Crippen LogP contribution in [0.4, 0.5) is 0 Å². The number of rotatable bonds is 2. The molecule has 0 N–H and O–H groups in total. The molecule has 134 valence electrons. The first-order valence-corrected chi connectivity index (χ1v) is 10.7. The Labute approximate surface area is 149 Å². The predicted molar refractivity (Wildman–Crippen MR) is 105 cm³/mol. The van der Waals surface area contributed by atoms with E-state index in [0.717, 1.165) is 12.0 Å². The molecular formula is C23H37N. The predicted octanol–water partition coefficient (Wildman–Crippen LogP) is 6.54. The molecule has 1 saturated heterocycles. The van der Waals surface area contributed by atoms with Crippen LogP contribution in [0.2, 0.25) is 0 Å². The van der Waals surface area contributed by atoms with Gasteiger partial charge >= 0.3 is 0 Å². The molecule has 2 fully saturated rings. The fourth-order valence-electron chi connectivity index (χ4n) is 4.95. The Bertz CT molecular complexity index is 427. The van der Waals surface area contributed by atoms with Crippen molar-refractivity contribution >= 4 is 0 Å². The molecule has 2 unspecified atom stereocenters. The lowest BCUT2D eigenvalue weighted by Crippen LogP contribution is -2.38. The summed E-state index contributed by atoms with van der Waals surface area (Å²) in [5.74, 6) is 0.780. The molecule has 3 rings (SSSR count). The molecule has 24 heavy (non-hydrogen) atoms. The maximum absolute atomic E-state index is 2.89. The molecule has 1 heterocycles. The summed E-state index contributed by atoms with van der Waals surface area (Å²) in [4.78, 5) is 2.89. The molecule has 1 aromatic rings. The number of hydrogen-bond donors (Lipinski definition) is 0.